The second-order valence-electron chi connectivity index (χ2n) is 5.92. The van der Waals surface area contributed by atoms with Crippen molar-refractivity contribution in [2.24, 2.45) is 0 Å². The van der Waals surface area contributed by atoms with E-state index in [2.05, 4.69) is 10.8 Å². The molecular formula is C16H21FN4O4. The number of amides is 2. The molecule has 0 aliphatic carbocycles. The highest BCUT2D eigenvalue weighted by Gasteiger charge is 2.32. The molecule has 2 aliphatic heterocycles. The molecule has 0 unspecified atom stereocenters. The van der Waals surface area contributed by atoms with Gasteiger partial charge in [0.05, 0.1) is 31.1 Å². The monoisotopic (exact) mass is 352 g/mol. The second kappa shape index (κ2) is 7.66. The molecule has 2 saturated heterocycles. The fraction of sp³-hybridized carbons (Fsp3) is 0.500. The lowest BCUT2D eigenvalue weighted by Gasteiger charge is -2.23. The minimum Gasteiger partial charge on any atom is -0.442 e. The summed E-state index contributed by atoms with van der Waals surface area (Å²) in [6, 6.07) is 4.68. The topological polar surface area (TPSA) is 83.1 Å². The molecule has 0 radical (unpaired) electrons. The molecule has 2 aliphatic rings. The summed E-state index contributed by atoms with van der Waals surface area (Å²) in [5.74, 6) is -0.599. The number of hydroxylamine groups is 1. The zero-order valence-electron chi connectivity index (χ0n) is 14.0. The van der Waals surface area contributed by atoms with Crippen molar-refractivity contribution < 1.29 is 23.6 Å². The van der Waals surface area contributed by atoms with E-state index in [9.17, 15) is 14.0 Å². The number of rotatable bonds is 4. The third-order valence-electron chi connectivity index (χ3n) is 4.09. The highest BCUT2D eigenvalue weighted by molar-refractivity contribution is 5.90. The Hall–Kier alpha value is -2.39. The van der Waals surface area contributed by atoms with Crippen molar-refractivity contribution >= 4 is 23.4 Å². The van der Waals surface area contributed by atoms with Gasteiger partial charge >= 0.3 is 6.09 Å². The smallest absolute Gasteiger partial charge is 0.414 e. The Morgan fingerprint density at radius 2 is 2.28 bits per heavy atom. The Bertz CT molecular complexity index is 649. The van der Waals surface area contributed by atoms with E-state index in [-0.39, 0.29) is 19.0 Å². The first kappa shape index (κ1) is 17.4. The van der Waals surface area contributed by atoms with Crippen LogP contribution in [0, 0.1) is 5.82 Å². The van der Waals surface area contributed by atoms with Gasteiger partial charge in [0, 0.05) is 26.6 Å². The lowest BCUT2D eigenvalue weighted by Crippen LogP contribution is -2.33. The molecule has 1 atom stereocenters. The fourth-order valence-electron chi connectivity index (χ4n) is 2.85. The molecular weight excluding hydrogens is 331 g/mol. The van der Waals surface area contributed by atoms with Crippen LogP contribution in [0.3, 0.4) is 0 Å². The summed E-state index contributed by atoms with van der Waals surface area (Å²) < 4.78 is 19.8. The molecule has 3 rings (SSSR count). The molecule has 0 bridgehead atoms. The maximum absolute atomic E-state index is 14.6. The van der Waals surface area contributed by atoms with Gasteiger partial charge in [-0.3, -0.25) is 14.5 Å². The van der Waals surface area contributed by atoms with E-state index in [0.717, 1.165) is 0 Å². The zero-order valence-corrected chi connectivity index (χ0v) is 14.0. The number of carbonyl (C=O) groups is 2. The Kier molecular flexibility index (Phi) is 5.34. The first-order chi connectivity index (χ1) is 12.0. The van der Waals surface area contributed by atoms with Crippen molar-refractivity contribution in [3.8, 4) is 0 Å². The van der Waals surface area contributed by atoms with E-state index in [1.165, 1.54) is 17.9 Å². The van der Waals surface area contributed by atoms with Crippen molar-refractivity contribution in [3.05, 3.63) is 24.0 Å². The molecule has 25 heavy (non-hydrogen) atoms. The molecule has 1 aromatic carbocycles. The number of halogens is 1. The first-order valence-electron chi connectivity index (χ1n) is 8.16. The number of hydrogen-bond donors (Lipinski definition) is 2. The van der Waals surface area contributed by atoms with Crippen molar-refractivity contribution in [2.75, 3.05) is 49.1 Å². The van der Waals surface area contributed by atoms with Crippen LogP contribution in [0.1, 0.15) is 6.92 Å². The molecule has 1 aromatic rings. The van der Waals surface area contributed by atoms with Crippen LogP contribution >= 0.6 is 0 Å². The number of carbonyl (C=O) groups excluding carboxylic acids is 2. The number of nitrogens with one attached hydrogen (secondary N) is 2. The second-order valence-corrected chi connectivity index (χ2v) is 5.92. The summed E-state index contributed by atoms with van der Waals surface area (Å²) in [7, 11) is 0. The molecule has 136 valence electrons. The van der Waals surface area contributed by atoms with E-state index >= 15 is 0 Å². The number of anilines is 2. The lowest BCUT2D eigenvalue weighted by atomic mass is 10.2. The SMILES string of the molecule is CC(=O)NC[C@H]1CN(c2ccc(N3CCNOCC3)c(F)c2)C(=O)O1. The summed E-state index contributed by atoms with van der Waals surface area (Å²) >= 11 is 0. The Morgan fingerprint density at radius 1 is 1.44 bits per heavy atom. The summed E-state index contributed by atoms with van der Waals surface area (Å²) in [4.78, 5) is 31.4. The van der Waals surface area contributed by atoms with Crippen molar-refractivity contribution in [1.82, 2.24) is 10.8 Å². The van der Waals surface area contributed by atoms with Gasteiger partial charge in [0.25, 0.3) is 0 Å². The van der Waals surface area contributed by atoms with Crippen molar-refractivity contribution in [2.45, 2.75) is 13.0 Å². The van der Waals surface area contributed by atoms with Crippen LogP contribution in [0.5, 0.6) is 0 Å². The Morgan fingerprint density at radius 3 is 3.04 bits per heavy atom. The van der Waals surface area contributed by atoms with Crippen LogP contribution < -0.4 is 20.6 Å². The van der Waals surface area contributed by atoms with Crippen molar-refractivity contribution in [1.29, 1.82) is 0 Å². The summed E-state index contributed by atoms with van der Waals surface area (Å²) in [6.45, 7) is 4.16. The predicted octanol–water partition coefficient (Wildman–Crippen LogP) is 0.628. The van der Waals surface area contributed by atoms with Crippen molar-refractivity contribution in [3.63, 3.8) is 0 Å². The molecule has 2 fully saturated rings. The third-order valence-corrected chi connectivity index (χ3v) is 4.09. The summed E-state index contributed by atoms with van der Waals surface area (Å²) in [6.07, 6.45) is -0.997. The summed E-state index contributed by atoms with van der Waals surface area (Å²) in [5.41, 5.74) is 3.69. The largest absolute Gasteiger partial charge is 0.442 e. The van der Waals surface area contributed by atoms with E-state index < -0.39 is 18.0 Å². The molecule has 0 saturated carbocycles. The average molecular weight is 352 g/mol. The number of hydrogen-bond acceptors (Lipinski definition) is 6. The van der Waals surface area contributed by atoms with Crippen LogP contribution in [-0.2, 0) is 14.4 Å². The standard InChI is InChI=1S/C16H21FN4O4/c1-11(22)18-9-13-10-21(16(23)25-13)12-2-3-15(14(17)8-12)20-5-4-19-24-7-6-20/h2-3,8,13,19H,4-7,9-10H2,1H3,(H,18,22)/t13-/m0/s1. The normalized spacial score (nSPS) is 21.0. The molecule has 2 heterocycles. The van der Waals surface area contributed by atoms with Gasteiger partial charge < -0.3 is 15.0 Å². The maximum atomic E-state index is 14.6. The molecule has 0 aromatic heterocycles. The minimum atomic E-state index is -0.546. The zero-order chi connectivity index (χ0) is 17.8. The van der Waals surface area contributed by atoms with Gasteiger partial charge in [-0.05, 0) is 18.2 Å². The maximum Gasteiger partial charge on any atom is 0.414 e. The third kappa shape index (κ3) is 4.18. The van der Waals surface area contributed by atoms with E-state index in [1.807, 2.05) is 4.90 Å². The van der Waals surface area contributed by atoms with Gasteiger partial charge in [-0.1, -0.05) is 0 Å². The van der Waals surface area contributed by atoms with Crippen LogP contribution in [0.25, 0.3) is 0 Å². The van der Waals surface area contributed by atoms with Crippen LogP contribution in [0.15, 0.2) is 18.2 Å². The van der Waals surface area contributed by atoms with Crippen LogP contribution in [-0.4, -0.2) is 57.4 Å². The van der Waals surface area contributed by atoms with Crippen LogP contribution in [0.4, 0.5) is 20.6 Å². The van der Waals surface area contributed by atoms with Gasteiger partial charge in [0.1, 0.15) is 11.9 Å². The van der Waals surface area contributed by atoms with E-state index in [4.69, 9.17) is 9.57 Å². The predicted molar refractivity (Wildman–Crippen MR) is 88.9 cm³/mol. The molecule has 8 nitrogen and oxygen atoms in total. The van der Waals surface area contributed by atoms with E-state index in [0.29, 0.717) is 37.6 Å². The quantitative estimate of drug-likeness (QED) is 0.827. The summed E-state index contributed by atoms with van der Waals surface area (Å²) in [5, 5.41) is 2.61. The minimum absolute atomic E-state index is 0.194. The van der Waals surface area contributed by atoms with Gasteiger partial charge in [-0.15, -0.1) is 0 Å². The highest BCUT2D eigenvalue weighted by atomic mass is 19.1. The number of ether oxygens (including phenoxy) is 1. The van der Waals surface area contributed by atoms with Gasteiger partial charge in [-0.2, -0.15) is 0 Å². The fourth-order valence-corrected chi connectivity index (χ4v) is 2.85. The number of benzene rings is 1. The van der Waals surface area contributed by atoms with Gasteiger partial charge in [0.15, 0.2) is 0 Å². The lowest BCUT2D eigenvalue weighted by molar-refractivity contribution is -0.119. The first-order valence-corrected chi connectivity index (χ1v) is 8.16. The van der Waals surface area contributed by atoms with Crippen LogP contribution in [0.2, 0.25) is 0 Å². The molecule has 9 heteroatoms. The Labute approximate surface area is 144 Å². The molecule has 2 amide bonds. The number of nitrogens with zero attached hydrogens (tertiary/aromatic N) is 2. The average Bonchev–Trinajstić information content (AvgIpc) is 2.78. The Balaban J connectivity index is 1.69. The van der Waals surface area contributed by atoms with Gasteiger partial charge in [-0.25, -0.2) is 14.7 Å². The highest BCUT2D eigenvalue weighted by Crippen LogP contribution is 2.28. The van der Waals surface area contributed by atoms with E-state index in [1.54, 1.807) is 12.1 Å². The van der Waals surface area contributed by atoms with Gasteiger partial charge in [0.2, 0.25) is 5.91 Å². The number of cyclic esters (lactones) is 1. The molecule has 0 spiro atoms. The molecule has 2 N–H and O–H groups in total.